The first kappa shape index (κ1) is 14.0. The number of nitrogens with zero attached hydrogens (tertiary/aromatic N) is 1. The van der Waals surface area contributed by atoms with Crippen molar-refractivity contribution in [3.05, 3.63) is 0 Å². The van der Waals surface area contributed by atoms with Crippen molar-refractivity contribution >= 4 is 0 Å². The number of piperazine rings is 1. The second kappa shape index (κ2) is 6.61. The monoisotopic (exact) mass is 226 g/mol. The van der Waals surface area contributed by atoms with Gasteiger partial charge in [0.05, 0.1) is 0 Å². The fourth-order valence-corrected chi connectivity index (χ4v) is 2.58. The van der Waals surface area contributed by atoms with E-state index in [2.05, 4.69) is 44.8 Å². The first-order chi connectivity index (χ1) is 7.56. The lowest BCUT2D eigenvalue weighted by Gasteiger charge is -2.43. The Labute approximate surface area is 102 Å². The summed E-state index contributed by atoms with van der Waals surface area (Å²) < 4.78 is 0. The Morgan fingerprint density at radius 3 is 2.38 bits per heavy atom. The molecule has 1 N–H and O–H groups in total. The number of nitrogens with one attached hydrogen (secondary N) is 1. The maximum atomic E-state index is 3.71. The minimum Gasteiger partial charge on any atom is -0.311 e. The molecule has 16 heavy (non-hydrogen) atoms. The molecule has 0 spiro atoms. The molecule has 0 radical (unpaired) electrons. The Morgan fingerprint density at radius 1 is 1.19 bits per heavy atom. The van der Waals surface area contributed by atoms with Crippen LogP contribution < -0.4 is 5.32 Å². The van der Waals surface area contributed by atoms with Crippen LogP contribution in [0.3, 0.4) is 0 Å². The third-order valence-electron chi connectivity index (χ3n) is 3.86. The fraction of sp³-hybridized carbons (Fsp3) is 1.00. The summed E-state index contributed by atoms with van der Waals surface area (Å²) in [4.78, 5) is 2.72. The first-order valence-electron chi connectivity index (χ1n) is 7.03. The van der Waals surface area contributed by atoms with E-state index in [9.17, 15) is 0 Å². The Hall–Kier alpha value is -0.0800. The largest absolute Gasteiger partial charge is 0.311 e. The van der Waals surface area contributed by atoms with Crippen LogP contribution in [0.1, 0.15) is 47.5 Å². The van der Waals surface area contributed by atoms with Gasteiger partial charge in [0, 0.05) is 25.2 Å². The lowest BCUT2D eigenvalue weighted by atomic mass is 9.94. The topological polar surface area (TPSA) is 15.3 Å². The molecular formula is C14H30N2. The third kappa shape index (κ3) is 3.74. The van der Waals surface area contributed by atoms with Gasteiger partial charge in [-0.3, -0.25) is 4.90 Å². The van der Waals surface area contributed by atoms with Crippen LogP contribution in [-0.2, 0) is 0 Å². The third-order valence-corrected chi connectivity index (χ3v) is 3.86. The number of hydrogen-bond acceptors (Lipinski definition) is 2. The van der Waals surface area contributed by atoms with Crippen LogP contribution in [0, 0.1) is 11.8 Å². The van der Waals surface area contributed by atoms with Crippen LogP contribution in [0.4, 0.5) is 0 Å². The molecule has 0 aromatic carbocycles. The Kier molecular flexibility index (Phi) is 5.77. The molecule has 0 saturated carbocycles. The molecule has 2 heteroatoms. The fourth-order valence-electron chi connectivity index (χ4n) is 2.58. The molecule has 1 heterocycles. The summed E-state index contributed by atoms with van der Waals surface area (Å²) in [5.41, 5.74) is 0. The van der Waals surface area contributed by atoms with E-state index in [1.54, 1.807) is 0 Å². The molecule has 0 amide bonds. The van der Waals surface area contributed by atoms with Crippen LogP contribution in [0.5, 0.6) is 0 Å². The summed E-state index contributed by atoms with van der Waals surface area (Å²) in [7, 11) is 0. The van der Waals surface area contributed by atoms with Crippen molar-refractivity contribution in [1.29, 1.82) is 0 Å². The van der Waals surface area contributed by atoms with Gasteiger partial charge in [-0.2, -0.15) is 0 Å². The first-order valence-corrected chi connectivity index (χ1v) is 7.03. The SMILES string of the molecule is CCCCN1CC(C(C)C)NCC1C(C)C. The zero-order chi connectivity index (χ0) is 12.1. The van der Waals surface area contributed by atoms with Gasteiger partial charge >= 0.3 is 0 Å². The second-order valence-electron chi connectivity index (χ2n) is 5.92. The zero-order valence-corrected chi connectivity index (χ0v) is 11.8. The van der Waals surface area contributed by atoms with Crippen LogP contribution >= 0.6 is 0 Å². The highest BCUT2D eigenvalue weighted by Crippen LogP contribution is 2.18. The summed E-state index contributed by atoms with van der Waals surface area (Å²) >= 11 is 0. The van der Waals surface area contributed by atoms with Crippen LogP contribution in [0.15, 0.2) is 0 Å². The highest BCUT2D eigenvalue weighted by Gasteiger charge is 2.30. The van der Waals surface area contributed by atoms with Crippen LogP contribution in [0.25, 0.3) is 0 Å². The summed E-state index contributed by atoms with van der Waals surface area (Å²) in [5.74, 6) is 1.51. The molecule has 96 valence electrons. The van der Waals surface area contributed by atoms with E-state index in [1.807, 2.05) is 0 Å². The van der Waals surface area contributed by atoms with Gasteiger partial charge in [-0.1, -0.05) is 41.0 Å². The average molecular weight is 226 g/mol. The van der Waals surface area contributed by atoms with Gasteiger partial charge in [-0.05, 0) is 24.8 Å². The lowest BCUT2D eigenvalue weighted by molar-refractivity contribution is 0.0839. The highest BCUT2D eigenvalue weighted by atomic mass is 15.2. The van der Waals surface area contributed by atoms with Crippen molar-refractivity contribution in [2.45, 2.75) is 59.5 Å². The predicted molar refractivity (Wildman–Crippen MR) is 71.7 cm³/mol. The van der Waals surface area contributed by atoms with Crippen molar-refractivity contribution in [3.8, 4) is 0 Å². The van der Waals surface area contributed by atoms with Gasteiger partial charge in [0.2, 0.25) is 0 Å². The molecule has 0 aliphatic carbocycles. The molecule has 1 saturated heterocycles. The molecular weight excluding hydrogens is 196 g/mol. The van der Waals surface area contributed by atoms with Gasteiger partial charge in [0.25, 0.3) is 0 Å². The van der Waals surface area contributed by atoms with Gasteiger partial charge < -0.3 is 5.32 Å². The van der Waals surface area contributed by atoms with E-state index in [4.69, 9.17) is 0 Å². The molecule has 0 bridgehead atoms. The maximum Gasteiger partial charge on any atom is 0.0244 e. The summed E-state index contributed by atoms with van der Waals surface area (Å²) in [5, 5.41) is 3.71. The van der Waals surface area contributed by atoms with E-state index in [-0.39, 0.29) is 0 Å². The van der Waals surface area contributed by atoms with E-state index in [0.717, 1.165) is 17.9 Å². The molecule has 0 aromatic rings. The van der Waals surface area contributed by atoms with Crippen molar-refractivity contribution in [2.75, 3.05) is 19.6 Å². The molecule has 2 atom stereocenters. The van der Waals surface area contributed by atoms with Crippen molar-refractivity contribution in [2.24, 2.45) is 11.8 Å². The number of rotatable bonds is 5. The van der Waals surface area contributed by atoms with Crippen LogP contribution in [0.2, 0.25) is 0 Å². The van der Waals surface area contributed by atoms with Crippen molar-refractivity contribution in [1.82, 2.24) is 10.2 Å². The normalized spacial score (nSPS) is 27.9. The Bertz CT molecular complexity index is 189. The number of hydrogen-bond donors (Lipinski definition) is 1. The van der Waals surface area contributed by atoms with E-state index < -0.39 is 0 Å². The Balaban J connectivity index is 2.54. The number of unbranched alkanes of at least 4 members (excludes halogenated alkanes) is 1. The molecule has 1 rings (SSSR count). The van der Waals surface area contributed by atoms with Gasteiger partial charge in [0.1, 0.15) is 0 Å². The van der Waals surface area contributed by atoms with E-state index in [1.165, 1.54) is 32.5 Å². The minimum absolute atomic E-state index is 0.687. The quantitative estimate of drug-likeness (QED) is 0.775. The molecule has 1 aliphatic heterocycles. The van der Waals surface area contributed by atoms with E-state index >= 15 is 0 Å². The predicted octanol–water partition coefficient (Wildman–Crippen LogP) is 2.74. The summed E-state index contributed by atoms with van der Waals surface area (Å²) in [6, 6.07) is 1.42. The molecule has 2 unspecified atom stereocenters. The van der Waals surface area contributed by atoms with E-state index in [0.29, 0.717) is 6.04 Å². The van der Waals surface area contributed by atoms with Crippen molar-refractivity contribution in [3.63, 3.8) is 0 Å². The van der Waals surface area contributed by atoms with Gasteiger partial charge in [-0.15, -0.1) is 0 Å². The van der Waals surface area contributed by atoms with Gasteiger partial charge in [-0.25, -0.2) is 0 Å². The average Bonchev–Trinajstić information content (AvgIpc) is 2.25. The summed E-state index contributed by atoms with van der Waals surface area (Å²) in [6.07, 6.45) is 2.65. The molecule has 2 nitrogen and oxygen atoms in total. The standard InChI is InChI=1S/C14H30N2/c1-6-7-8-16-10-13(11(2)3)15-9-14(16)12(4)5/h11-15H,6-10H2,1-5H3. The molecule has 1 aliphatic rings. The maximum absolute atomic E-state index is 3.71. The lowest BCUT2D eigenvalue weighted by Crippen LogP contribution is -2.59. The van der Waals surface area contributed by atoms with Crippen molar-refractivity contribution < 1.29 is 0 Å². The smallest absolute Gasteiger partial charge is 0.0244 e. The molecule has 1 fully saturated rings. The van der Waals surface area contributed by atoms with Gasteiger partial charge in [0.15, 0.2) is 0 Å². The summed E-state index contributed by atoms with van der Waals surface area (Å²) in [6.45, 7) is 15.3. The zero-order valence-electron chi connectivity index (χ0n) is 11.8. The Morgan fingerprint density at radius 2 is 1.88 bits per heavy atom. The second-order valence-corrected chi connectivity index (χ2v) is 5.92. The molecule has 0 aromatic heterocycles. The minimum atomic E-state index is 0.687. The van der Waals surface area contributed by atoms with Crippen LogP contribution in [-0.4, -0.2) is 36.6 Å². The highest BCUT2D eigenvalue weighted by molar-refractivity contribution is 4.88.